The van der Waals surface area contributed by atoms with Crippen molar-refractivity contribution >= 4 is 28.6 Å². The molecule has 29 heavy (non-hydrogen) atoms. The van der Waals surface area contributed by atoms with Crippen molar-refractivity contribution in [2.24, 2.45) is 5.92 Å². The number of aliphatic hydroxyl groups excluding tert-OH is 1. The minimum Gasteiger partial charge on any atom is -0.391 e. The van der Waals surface area contributed by atoms with E-state index in [4.69, 9.17) is 0 Å². The number of carbonyl (C=O) groups excluding carboxylic acids is 3. The van der Waals surface area contributed by atoms with Gasteiger partial charge in [0.15, 0.2) is 0 Å². The summed E-state index contributed by atoms with van der Waals surface area (Å²) >= 11 is 0. The second kappa shape index (κ2) is 9.47. The van der Waals surface area contributed by atoms with Crippen LogP contribution in [0.4, 0.5) is 0 Å². The van der Waals surface area contributed by atoms with Crippen molar-refractivity contribution in [3.05, 3.63) is 42.1 Å². The van der Waals surface area contributed by atoms with Gasteiger partial charge in [-0.2, -0.15) is 0 Å². The van der Waals surface area contributed by atoms with Crippen LogP contribution >= 0.6 is 0 Å². The van der Waals surface area contributed by atoms with Crippen LogP contribution in [0.5, 0.6) is 0 Å². The zero-order chi connectivity index (χ0) is 20.8. The Labute approximate surface area is 169 Å². The molecule has 2 aromatic rings. The first-order chi connectivity index (χ1) is 13.9. The fourth-order valence-electron chi connectivity index (χ4n) is 3.58. The number of aromatic nitrogens is 1. The zero-order valence-corrected chi connectivity index (χ0v) is 16.4. The maximum absolute atomic E-state index is 12.7. The Balaban J connectivity index is 1.57. The van der Waals surface area contributed by atoms with Crippen LogP contribution in [0.25, 0.3) is 10.9 Å². The monoisotopic (exact) mass is 398 g/mol. The number of nitrogens with one attached hydrogen (secondary N) is 3. The second-order valence-corrected chi connectivity index (χ2v) is 7.34. The molecule has 1 fully saturated rings. The summed E-state index contributed by atoms with van der Waals surface area (Å²) < 4.78 is 0. The van der Waals surface area contributed by atoms with Gasteiger partial charge in [0.1, 0.15) is 0 Å². The Hall–Kier alpha value is -3.00. The van der Waals surface area contributed by atoms with Crippen LogP contribution < -0.4 is 16.0 Å². The predicted molar refractivity (Wildman–Crippen MR) is 108 cm³/mol. The van der Waals surface area contributed by atoms with Gasteiger partial charge < -0.3 is 21.1 Å². The molecule has 154 valence electrons. The molecular weight excluding hydrogens is 372 g/mol. The van der Waals surface area contributed by atoms with Crippen LogP contribution in [0.3, 0.4) is 0 Å². The van der Waals surface area contributed by atoms with Crippen molar-refractivity contribution < 1.29 is 19.5 Å². The SMILES string of the molecule is CC(=O)NCCNC(=O)[C@H]1CC[C@@H](O)[C@H](NC(=O)c2ccc3ncccc3c2)C1. The van der Waals surface area contributed by atoms with E-state index in [1.165, 1.54) is 6.92 Å². The van der Waals surface area contributed by atoms with E-state index >= 15 is 0 Å². The van der Waals surface area contributed by atoms with Crippen LogP contribution in [0.1, 0.15) is 36.5 Å². The van der Waals surface area contributed by atoms with Gasteiger partial charge in [-0.1, -0.05) is 6.07 Å². The third kappa shape index (κ3) is 5.51. The summed E-state index contributed by atoms with van der Waals surface area (Å²) in [6, 6.07) is 8.45. The molecule has 3 rings (SSSR count). The first-order valence-corrected chi connectivity index (χ1v) is 9.80. The van der Waals surface area contributed by atoms with Crippen molar-refractivity contribution in [2.45, 2.75) is 38.3 Å². The smallest absolute Gasteiger partial charge is 0.251 e. The summed E-state index contributed by atoms with van der Waals surface area (Å²) in [5.74, 6) is -0.848. The Morgan fingerprint density at radius 2 is 1.93 bits per heavy atom. The predicted octanol–water partition coefficient (Wildman–Crippen LogP) is 0.747. The lowest BCUT2D eigenvalue weighted by Crippen LogP contribution is -2.50. The number of fused-ring (bicyclic) bond motifs is 1. The Kier molecular flexibility index (Phi) is 6.77. The molecule has 3 atom stereocenters. The van der Waals surface area contributed by atoms with Crippen molar-refractivity contribution in [3.63, 3.8) is 0 Å². The highest BCUT2D eigenvalue weighted by Gasteiger charge is 2.33. The largest absolute Gasteiger partial charge is 0.391 e. The fraction of sp³-hybridized carbons (Fsp3) is 0.429. The standard InChI is InChI=1S/C21H26N4O4/c1-13(26)22-9-10-24-20(28)16-5-7-19(27)18(12-16)25-21(29)15-4-6-17-14(11-15)3-2-8-23-17/h2-4,6,8,11,16,18-19,27H,5,7,9-10,12H2,1H3,(H,22,26)(H,24,28)(H,25,29)/t16-,18+,19+/m0/s1. The first kappa shape index (κ1) is 20.7. The van der Waals surface area contributed by atoms with Gasteiger partial charge in [0, 0.05) is 43.1 Å². The van der Waals surface area contributed by atoms with Crippen LogP contribution in [0, 0.1) is 5.92 Å². The summed E-state index contributed by atoms with van der Waals surface area (Å²) in [6.07, 6.45) is 2.37. The average molecular weight is 398 g/mol. The number of carbonyl (C=O) groups is 3. The molecule has 8 heteroatoms. The molecule has 3 amide bonds. The number of rotatable bonds is 6. The van der Waals surface area contributed by atoms with Crippen molar-refractivity contribution in [1.82, 2.24) is 20.9 Å². The summed E-state index contributed by atoms with van der Waals surface area (Å²) in [5.41, 5.74) is 1.29. The number of nitrogens with zero attached hydrogens (tertiary/aromatic N) is 1. The van der Waals surface area contributed by atoms with Crippen molar-refractivity contribution in [1.29, 1.82) is 0 Å². The molecular formula is C21H26N4O4. The molecule has 1 aromatic heterocycles. The van der Waals surface area contributed by atoms with E-state index in [2.05, 4.69) is 20.9 Å². The molecule has 0 spiro atoms. The normalized spacial score (nSPS) is 21.4. The molecule has 8 nitrogen and oxygen atoms in total. The maximum Gasteiger partial charge on any atom is 0.251 e. The first-order valence-electron chi connectivity index (χ1n) is 9.80. The van der Waals surface area contributed by atoms with E-state index in [-0.39, 0.29) is 23.6 Å². The van der Waals surface area contributed by atoms with Gasteiger partial charge in [-0.05, 0) is 43.5 Å². The van der Waals surface area contributed by atoms with Crippen LogP contribution in [0.15, 0.2) is 36.5 Å². The molecule has 0 radical (unpaired) electrons. The molecule has 1 aliphatic rings. The molecule has 4 N–H and O–H groups in total. The molecule has 1 heterocycles. The summed E-state index contributed by atoms with van der Waals surface area (Å²) in [6.45, 7) is 2.14. The fourth-order valence-corrected chi connectivity index (χ4v) is 3.58. The highest BCUT2D eigenvalue weighted by atomic mass is 16.3. The lowest BCUT2D eigenvalue weighted by Gasteiger charge is -2.33. The van der Waals surface area contributed by atoms with Gasteiger partial charge in [-0.25, -0.2) is 0 Å². The van der Waals surface area contributed by atoms with Crippen LogP contribution in [-0.2, 0) is 9.59 Å². The summed E-state index contributed by atoms with van der Waals surface area (Å²) in [5, 5.41) is 19.5. The summed E-state index contributed by atoms with van der Waals surface area (Å²) in [7, 11) is 0. The van der Waals surface area contributed by atoms with Gasteiger partial charge in [-0.15, -0.1) is 0 Å². The highest BCUT2D eigenvalue weighted by Crippen LogP contribution is 2.25. The van der Waals surface area contributed by atoms with E-state index in [1.807, 2.05) is 12.1 Å². The summed E-state index contributed by atoms with van der Waals surface area (Å²) in [4.78, 5) is 40.1. The quantitative estimate of drug-likeness (QED) is 0.535. The minimum atomic E-state index is -0.690. The maximum atomic E-state index is 12.7. The molecule has 0 bridgehead atoms. The number of hydrogen-bond acceptors (Lipinski definition) is 5. The molecule has 1 aliphatic carbocycles. The van der Waals surface area contributed by atoms with E-state index in [0.29, 0.717) is 37.9 Å². The van der Waals surface area contributed by atoms with Gasteiger partial charge in [-0.3, -0.25) is 19.4 Å². The Bertz CT molecular complexity index is 901. The van der Waals surface area contributed by atoms with Crippen molar-refractivity contribution in [3.8, 4) is 0 Å². The Morgan fingerprint density at radius 1 is 1.14 bits per heavy atom. The van der Waals surface area contributed by atoms with Gasteiger partial charge >= 0.3 is 0 Å². The molecule has 0 unspecified atom stereocenters. The molecule has 1 aromatic carbocycles. The number of hydrogen-bond donors (Lipinski definition) is 4. The molecule has 0 saturated heterocycles. The van der Waals surface area contributed by atoms with Gasteiger partial charge in [0.2, 0.25) is 11.8 Å². The third-order valence-electron chi connectivity index (χ3n) is 5.16. The van der Waals surface area contributed by atoms with Gasteiger partial charge in [0.05, 0.1) is 17.7 Å². The minimum absolute atomic E-state index is 0.127. The van der Waals surface area contributed by atoms with E-state index in [1.54, 1.807) is 24.4 Å². The number of amides is 3. The highest BCUT2D eigenvalue weighted by molar-refractivity contribution is 5.98. The van der Waals surface area contributed by atoms with E-state index in [0.717, 1.165) is 10.9 Å². The third-order valence-corrected chi connectivity index (χ3v) is 5.16. The molecule has 1 saturated carbocycles. The van der Waals surface area contributed by atoms with Gasteiger partial charge in [0.25, 0.3) is 5.91 Å². The number of aliphatic hydroxyl groups is 1. The van der Waals surface area contributed by atoms with E-state index < -0.39 is 12.1 Å². The van der Waals surface area contributed by atoms with Crippen LogP contribution in [-0.4, -0.2) is 53.0 Å². The van der Waals surface area contributed by atoms with Crippen LogP contribution in [0.2, 0.25) is 0 Å². The molecule has 0 aliphatic heterocycles. The lowest BCUT2D eigenvalue weighted by molar-refractivity contribution is -0.127. The zero-order valence-electron chi connectivity index (χ0n) is 16.4. The average Bonchev–Trinajstić information content (AvgIpc) is 2.72. The van der Waals surface area contributed by atoms with Crippen molar-refractivity contribution in [2.75, 3.05) is 13.1 Å². The van der Waals surface area contributed by atoms with E-state index in [9.17, 15) is 19.5 Å². The Morgan fingerprint density at radius 3 is 2.72 bits per heavy atom. The lowest BCUT2D eigenvalue weighted by atomic mass is 9.83. The number of benzene rings is 1. The topological polar surface area (TPSA) is 120 Å². The second-order valence-electron chi connectivity index (χ2n) is 7.34. The number of pyridine rings is 1.